The number of fused-ring (bicyclic) bond motifs is 5. The number of nitrogens with zero attached hydrogens (tertiary/aromatic N) is 1. The lowest BCUT2D eigenvalue weighted by molar-refractivity contribution is -0.914. The van der Waals surface area contributed by atoms with Gasteiger partial charge in [0.25, 0.3) is 0 Å². The van der Waals surface area contributed by atoms with Crippen molar-refractivity contribution in [3.05, 3.63) is 11.6 Å². The van der Waals surface area contributed by atoms with Gasteiger partial charge in [-0.05, 0) is 74.0 Å². The van der Waals surface area contributed by atoms with Crippen LogP contribution >= 0.6 is 22.6 Å². The Labute approximate surface area is 191 Å². The number of hydrogen-bond acceptors (Lipinski definition) is 2. The number of aliphatic hydroxyl groups excluding tert-OH is 1. The number of alkyl halides is 1. The summed E-state index contributed by atoms with van der Waals surface area (Å²) in [6.07, 6.45) is 10.2. The van der Waals surface area contributed by atoms with Crippen LogP contribution in [0.3, 0.4) is 0 Å². The first kappa shape index (κ1) is 22.3. The van der Waals surface area contributed by atoms with Crippen molar-refractivity contribution in [2.75, 3.05) is 25.1 Å². The van der Waals surface area contributed by atoms with Crippen molar-refractivity contribution in [1.82, 2.24) is 0 Å². The number of carbonyl (C=O) groups excluding carboxylic acids is 1. The van der Waals surface area contributed by atoms with Crippen LogP contribution < -0.4 is 0 Å². The number of allylic oxidation sites excluding steroid dienone is 1. The van der Waals surface area contributed by atoms with Gasteiger partial charge in [-0.25, -0.2) is 0 Å². The number of hydrogen-bond donors (Lipinski definition) is 1. The zero-order valence-electron chi connectivity index (χ0n) is 19.1. The molecule has 0 bridgehead atoms. The van der Waals surface area contributed by atoms with E-state index in [0.717, 1.165) is 40.6 Å². The second-order valence-corrected chi connectivity index (χ2v) is 12.9. The summed E-state index contributed by atoms with van der Waals surface area (Å²) in [6.45, 7) is 7.97. The average molecular weight is 515 g/mol. The molecule has 8 atom stereocenters. The van der Waals surface area contributed by atoms with E-state index in [9.17, 15) is 9.90 Å². The van der Waals surface area contributed by atoms with Crippen LogP contribution in [0.2, 0.25) is 0 Å². The van der Waals surface area contributed by atoms with Gasteiger partial charge in [-0.1, -0.05) is 48.1 Å². The van der Waals surface area contributed by atoms with Crippen molar-refractivity contribution < 1.29 is 14.4 Å². The zero-order chi connectivity index (χ0) is 21.2. The van der Waals surface area contributed by atoms with Crippen molar-refractivity contribution in [2.24, 2.45) is 34.5 Å². The van der Waals surface area contributed by atoms with E-state index in [0.29, 0.717) is 23.7 Å². The quantitative estimate of drug-likeness (QED) is 0.248. The van der Waals surface area contributed by atoms with Gasteiger partial charge in [0.1, 0.15) is 5.78 Å². The molecule has 29 heavy (non-hydrogen) atoms. The molecular formula is C25H41INO2+. The monoisotopic (exact) mass is 514 g/mol. The Kier molecular flexibility index (Phi) is 5.82. The molecule has 4 rings (SSSR count). The summed E-state index contributed by atoms with van der Waals surface area (Å²) < 4.78 is 2.13. The fourth-order valence-electron chi connectivity index (χ4n) is 8.46. The Bertz CT molecular complexity index is 703. The summed E-state index contributed by atoms with van der Waals surface area (Å²) in [5, 5.41) is 10.2. The molecule has 3 fully saturated rings. The van der Waals surface area contributed by atoms with Gasteiger partial charge in [-0.15, -0.1) is 0 Å². The molecule has 164 valence electrons. The molecular weight excluding hydrogens is 473 g/mol. The van der Waals surface area contributed by atoms with Gasteiger partial charge >= 0.3 is 0 Å². The fourth-order valence-corrected chi connectivity index (χ4v) is 9.71. The molecule has 0 unspecified atom stereocenters. The number of aliphatic hydroxyl groups is 1. The molecule has 0 heterocycles. The number of rotatable bonds is 4. The van der Waals surface area contributed by atoms with Crippen molar-refractivity contribution in [3.63, 3.8) is 0 Å². The van der Waals surface area contributed by atoms with Gasteiger partial charge in [0.05, 0.1) is 38.7 Å². The third-order valence-corrected chi connectivity index (χ3v) is 10.6. The molecule has 4 heteroatoms. The topological polar surface area (TPSA) is 37.3 Å². The van der Waals surface area contributed by atoms with E-state index >= 15 is 0 Å². The van der Waals surface area contributed by atoms with Crippen LogP contribution in [0, 0.1) is 34.5 Å². The van der Waals surface area contributed by atoms with Crippen molar-refractivity contribution in [2.45, 2.75) is 77.9 Å². The highest BCUT2D eigenvalue weighted by molar-refractivity contribution is 14.1. The van der Waals surface area contributed by atoms with E-state index < -0.39 is 0 Å². The molecule has 0 aromatic heterocycles. The van der Waals surface area contributed by atoms with Gasteiger partial charge in [0.15, 0.2) is 0 Å². The van der Waals surface area contributed by atoms with E-state index in [-0.39, 0.29) is 22.9 Å². The maximum Gasteiger partial charge on any atom is 0.139 e. The van der Waals surface area contributed by atoms with Gasteiger partial charge < -0.3 is 9.59 Å². The molecule has 0 aromatic rings. The normalized spacial score (nSPS) is 47.1. The first-order valence-corrected chi connectivity index (χ1v) is 13.3. The summed E-state index contributed by atoms with van der Waals surface area (Å²) in [7, 11) is 4.72. The van der Waals surface area contributed by atoms with Crippen LogP contribution in [0.5, 0.6) is 0 Å². The smallest absolute Gasteiger partial charge is 0.139 e. The summed E-state index contributed by atoms with van der Waals surface area (Å²) in [5.41, 5.74) is 1.98. The molecule has 0 aromatic carbocycles. The Morgan fingerprint density at radius 2 is 1.97 bits per heavy atom. The Morgan fingerprint density at radius 1 is 1.24 bits per heavy atom. The molecule has 0 spiro atoms. The minimum absolute atomic E-state index is 0.135. The van der Waals surface area contributed by atoms with E-state index in [1.165, 1.54) is 25.7 Å². The number of quaternary nitrogens is 1. The van der Waals surface area contributed by atoms with Gasteiger partial charge in [0.2, 0.25) is 0 Å². The highest BCUT2D eigenvalue weighted by atomic mass is 127. The SMILES string of the molecule is CC(=O)[C@H]1[C@@H]([N+](C)(C)CCI)C[C@H]2[C@@H]3CC=C4C[C@H](O)CC[C@]4(C)[C@H]3CC[C@@]21C. The van der Waals surface area contributed by atoms with Gasteiger partial charge in [-0.2, -0.15) is 0 Å². The predicted octanol–water partition coefficient (Wildman–Crippen LogP) is 5.01. The fraction of sp³-hybridized carbons (Fsp3) is 0.880. The van der Waals surface area contributed by atoms with Crippen LogP contribution in [0.4, 0.5) is 0 Å². The molecule has 3 nitrogen and oxygen atoms in total. The summed E-state index contributed by atoms with van der Waals surface area (Å²) >= 11 is 2.49. The van der Waals surface area contributed by atoms with Crippen molar-refractivity contribution in [1.29, 1.82) is 0 Å². The predicted molar refractivity (Wildman–Crippen MR) is 127 cm³/mol. The minimum Gasteiger partial charge on any atom is -0.393 e. The number of carbonyl (C=O) groups is 1. The Morgan fingerprint density at radius 3 is 2.62 bits per heavy atom. The maximum absolute atomic E-state index is 13.0. The lowest BCUT2D eigenvalue weighted by Crippen LogP contribution is -2.55. The maximum atomic E-state index is 13.0. The van der Waals surface area contributed by atoms with E-state index in [2.05, 4.69) is 56.6 Å². The van der Waals surface area contributed by atoms with Crippen LogP contribution in [0.15, 0.2) is 11.6 Å². The molecule has 4 aliphatic rings. The highest BCUT2D eigenvalue weighted by Crippen LogP contribution is 2.67. The standard InChI is InChI=1S/C25H41INO2/c1-16(28)23-22(27(4,5)13-12-26)15-21-19-7-6-17-14-18(29)8-10-24(17,2)20(19)9-11-25(21,23)3/h6,18-23,29H,7-15H2,1-5H3/q+1/t18-,19-,20+,21+,22+,23+,24+,25+/m1/s1. The Hall–Kier alpha value is 0.0600. The number of Topliss-reactive ketones (excluding diaryl/α,β-unsaturated/α-hetero) is 1. The van der Waals surface area contributed by atoms with Crippen LogP contribution in [-0.4, -0.2) is 52.6 Å². The van der Waals surface area contributed by atoms with E-state index in [1.54, 1.807) is 5.57 Å². The van der Waals surface area contributed by atoms with Crippen molar-refractivity contribution >= 4 is 28.4 Å². The number of ketones is 1. The second-order valence-electron chi connectivity index (χ2n) is 11.8. The highest BCUT2D eigenvalue weighted by Gasteiger charge is 2.64. The third-order valence-electron chi connectivity index (χ3n) is 10.1. The van der Waals surface area contributed by atoms with E-state index in [4.69, 9.17) is 0 Å². The molecule has 1 N–H and O–H groups in total. The average Bonchev–Trinajstić information content (AvgIpc) is 2.96. The van der Waals surface area contributed by atoms with Crippen LogP contribution in [0.25, 0.3) is 0 Å². The Balaban J connectivity index is 1.69. The third kappa shape index (κ3) is 3.38. The second kappa shape index (κ2) is 7.58. The van der Waals surface area contributed by atoms with Crippen LogP contribution in [0.1, 0.15) is 65.7 Å². The molecule has 0 radical (unpaired) electrons. The summed E-state index contributed by atoms with van der Waals surface area (Å²) in [6, 6.07) is 0.461. The van der Waals surface area contributed by atoms with Gasteiger partial charge in [0, 0.05) is 10.8 Å². The summed E-state index contributed by atoms with van der Waals surface area (Å²) in [5.74, 6) is 2.74. The van der Waals surface area contributed by atoms with Crippen molar-refractivity contribution in [3.8, 4) is 0 Å². The molecule has 0 saturated heterocycles. The van der Waals surface area contributed by atoms with Gasteiger partial charge in [-0.3, -0.25) is 4.79 Å². The molecule has 4 aliphatic carbocycles. The summed E-state index contributed by atoms with van der Waals surface area (Å²) in [4.78, 5) is 13.0. The van der Waals surface area contributed by atoms with Crippen LogP contribution in [-0.2, 0) is 4.79 Å². The largest absolute Gasteiger partial charge is 0.393 e. The zero-order valence-corrected chi connectivity index (χ0v) is 21.2. The van der Waals surface area contributed by atoms with E-state index in [1.807, 2.05) is 6.92 Å². The lowest BCUT2D eigenvalue weighted by Gasteiger charge is -2.57. The number of halogens is 1. The first-order chi connectivity index (χ1) is 13.5. The first-order valence-electron chi connectivity index (χ1n) is 11.8. The minimum atomic E-state index is -0.135. The lowest BCUT2D eigenvalue weighted by atomic mass is 9.47. The molecule has 0 amide bonds. The molecule has 0 aliphatic heterocycles. The molecule has 3 saturated carbocycles.